The Morgan fingerprint density at radius 1 is 1.00 bits per heavy atom. The third kappa shape index (κ3) is 4.05. The molecule has 1 aliphatic carbocycles. The van der Waals surface area contributed by atoms with Gasteiger partial charge in [0, 0.05) is 37.8 Å². The average molecular weight is 434 g/mol. The molecule has 2 unspecified atom stereocenters. The van der Waals surface area contributed by atoms with Crippen molar-refractivity contribution in [3.63, 3.8) is 0 Å². The van der Waals surface area contributed by atoms with Crippen LogP contribution in [0.4, 0.5) is 11.4 Å². The number of ether oxygens (including phenoxy) is 1. The van der Waals surface area contributed by atoms with Crippen LogP contribution in [0.15, 0.2) is 18.2 Å². The molecule has 3 saturated heterocycles. The molecule has 3 heterocycles. The van der Waals surface area contributed by atoms with Crippen LogP contribution < -0.4 is 10.2 Å². The number of nitrogens with one attached hydrogen (secondary N) is 1. The molecule has 1 N–H and O–H groups in total. The molecule has 1 saturated carbocycles. The molecule has 9 heteroatoms. The molecule has 0 spiro atoms. The first kappa shape index (κ1) is 19.8. The summed E-state index contributed by atoms with van der Waals surface area (Å²) in [6.07, 6.45) is 4.23. The smallest absolute Gasteiger partial charge is 0.256 e. The van der Waals surface area contributed by atoms with E-state index in [1.807, 2.05) is 6.07 Å². The number of carbonyl (C=O) groups is 2. The Kier molecular flexibility index (Phi) is 4.97. The van der Waals surface area contributed by atoms with Gasteiger partial charge in [0.05, 0.1) is 35.0 Å². The summed E-state index contributed by atoms with van der Waals surface area (Å²) >= 11 is 0. The zero-order chi connectivity index (χ0) is 20.9. The number of benzene rings is 1. The monoisotopic (exact) mass is 433 g/mol. The van der Waals surface area contributed by atoms with E-state index in [1.54, 1.807) is 17.0 Å². The van der Waals surface area contributed by atoms with E-state index in [4.69, 9.17) is 4.74 Å². The second-order valence-corrected chi connectivity index (χ2v) is 11.1. The van der Waals surface area contributed by atoms with Gasteiger partial charge in [-0.3, -0.25) is 9.59 Å². The summed E-state index contributed by atoms with van der Waals surface area (Å²) in [6.45, 7) is 1.86. The molecular formula is C21H27N3O5S. The lowest BCUT2D eigenvalue weighted by Gasteiger charge is -2.36. The number of carbonyl (C=O) groups excluding carboxylic acids is 2. The predicted molar refractivity (Wildman–Crippen MR) is 112 cm³/mol. The first-order valence-electron chi connectivity index (χ1n) is 10.7. The molecule has 2 bridgehead atoms. The fourth-order valence-corrected chi connectivity index (χ4v) is 5.74. The Bertz CT molecular complexity index is 949. The number of amides is 2. The fraction of sp³-hybridized carbons (Fsp3) is 0.619. The van der Waals surface area contributed by atoms with E-state index in [9.17, 15) is 18.0 Å². The number of hydrogen-bond acceptors (Lipinski definition) is 6. The number of nitrogens with zero attached hydrogens (tertiary/aromatic N) is 2. The first-order chi connectivity index (χ1) is 14.4. The molecule has 0 radical (unpaired) electrons. The van der Waals surface area contributed by atoms with Crippen LogP contribution in [0.1, 0.15) is 36.0 Å². The summed E-state index contributed by atoms with van der Waals surface area (Å²) < 4.78 is 29.5. The number of hydrogen-bond donors (Lipinski definition) is 1. The second kappa shape index (κ2) is 7.53. The van der Waals surface area contributed by atoms with Crippen LogP contribution in [-0.4, -0.2) is 75.0 Å². The standard InChI is InChI=1S/C21H27N3O5S/c25-20(14-1-2-14)22-15-3-6-18(21(26)23-7-9-30(27,28)10-8-23)19(11-15)24-12-16-4-5-17(13-24)29-16/h3,6,11,14,16-17H,1-2,4-5,7-10,12-13H2,(H,22,25). The van der Waals surface area contributed by atoms with E-state index in [0.717, 1.165) is 31.4 Å². The highest BCUT2D eigenvalue weighted by molar-refractivity contribution is 7.91. The van der Waals surface area contributed by atoms with E-state index in [-0.39, 0.29) is 54.5 Å². The Hall–Kier alpha value is -2.13. The van der Waals surface area contributed by atoms with Crippen molar-refractivity contribution >= 4 is 33.0 Å². The highest BCUT2D eigenvalue weighted by atomic mass is 32.2. The number of rotatable bonds is 4. The molecule has 3 aliphatic heterocycles. The van der Waals surface area contributed by atoms with Gasteiger partial charge in [-0.05, 0) is 43.9 Å². The normalized spacial score (nSPS) is 27.7. The van der Waals surface area contributed by atoms with Crippen molar-refractivity contribution in [2.45, 2.75) is 37.9 Å². The van der Waals surface area contributed by atoms with E-state index < -0.39 is 9.84 Å². The van der Waals surface area contributed by atoms with Gasteiger partial charge in [0.15, 0.2) is 9.84 Å². The Balaban J connectivity index is 1.43. The van der Waals surface area contributed by atoms with Gasteiger partial charge in [0.2, 0.25) is 5.91 Å². The number of anilines is 2. The molecule has 8 nitrogen and oxygen atoms in total. The molecular weight excluding hydrogens is 406 g/mol. The van der Waals surface area contributed by atoms with Crippen LogP contribution in [-0.2, 0) is 19.4 Å². The summed E-state index contributed by atoms with van der Waals surface area (Å²) in [5, 5.41) is 2.98. The first-order valence-corrected chi connectivity index (χ1v) is 12.6. The molecule has 5 rings (SSSR count). The van der Waals surface area contributed by atoms with E-state index in [2.05, 4.69) is 10.2 Å². The van der Waals surface area contributed by atoms with Crippen molar-refractivity contribution in [2.75, 3.05) is 47.9 Å². The lowest BCUT2D eigenvalue weighted by atomic mass is 10.1. The molecule has 1 aromatic rings. The fourth-order valence-electron chi connectivity index (χ4n) is 4.54. The van der Waals surface area contributed by atoms with Gasteiger partial charge in [-0.2, -0.15) is 0 Å². The minimum absolute atomic E-state index is 0.00526. The second-order valence-electron chi connectivity index (χ2n) is 8.80. The van der Waals surface area contributed by atoms with Crippen molar-refractivity contribution in [3.05, 3.63) is 23.8 Å². The summed E-state index contributed by atoms with van der Waals surface area (Å²) in [5.41, 5.74) is 2.04. The van der Waals surface area contributed by atoms with Gasteiger partial charge >= 0.3 is 0 Å². The average Bonchev–Trinajstić information content (AvgIpc) is 3.52. The molecule has 1 aromatic carbocycles. The summed E-state index contributed by atoms with van der Waals surface area (Å²) in [7, 11) is -3.06. The zero-order valence-electron chi connectivity index (χ0n) is 16.9. The quantitative estimate of drug-likeness (QED) is 0.768. The Morgan fingerprint density at radius 2 is 1.67 bits per heavy atom. The van der Waals surface area contributed by atoms with Crippen LogP contribution in [0.2, 0.25) is 0 Å². The van der Waals surface area contributed by atoms with Crippen molar-refractivity contribution < 1.29 is 22.7 Å². The van der Waals surface area contributed by atoms with Crippen molar-refractivity contribution in [3.8, 4) is 0 Å². The van der Waals surface area contributed by atoms with Crippen molar-refractivity contribution in [1.29, 1.82) is 0 Å². The van der Waals surface area contributed by atoms with E-state index in [0.29, 0.717) is 24.3 Å². The van der Waals surface area contributed by atoms with Crippen LogP contribution in [0, 0.1) is 5.92 Å². The molecule has 4 fully saturated rings. The predicted octanol–water partition coefficient (Wildman–Crippen LogP) is 1.27. The topological polar surface area (TPSA) is 96.0 Å². The Morgan fingerprint density at radius 3 is 2.30 bits per heavy atom. The third-order valence-electron chi connectivity index (χ3n) is 6.46. The van der Waals surface area contributed by atoms with Crippen LogP contribution in [0.5, 0.6) is 0 Å². The largest absolute Gasteiger partial charge is 0.371 e. The molecule has 2 atom stereocenters. The van der Waals surface area contributed by atoms with Crippen molar-refractivity contribution in [1.82, 2.24) is 4.90 Å². The third-order valence-corrected chi connectivity index (χ3v) is 8.07. The maximum absolute atomic E-state index is 13.3. The molecule has 4 aliphatic rings. The molecule has 30 heavy (non-hydrogen) atoms. The summed E-state index contributed by atoms with van der Waals surface area (Å²) in [6, 6.07) is 5.42. The van der Waals surface area contributed by atoms with E-state index >= 15 is 0 Å². The van der Waals surface area contributed by atoms with Gasteiger partial charge in [-0.25, -0.2) is 8.42 Å². The van der Waals surface area contributed by atoms with Gasteiger partial charge in [-0.1, -0.05) is 0 Å². The molecule has 0 aromatic heterocycles. The molecule has 2 amide bonds. The zero-order valence-corrected chi connectivity index (χ0v) is 17.7. The molecule has 162 valence electrons. The van der Waals surface area contributed by atoms with Gasteiger partial charge in [0.25, 0.3) is 5.91 Å². The summed E-state index contributed by atoms with van der Waals surface area (Å²) in [4.78, 5) is 29.3. The number of sulfone groups is 1. The maximum atomic E-state index is 13.3. The lowest BCUT2D eigenvalue weighted by Crippen LogP contribution is -2.46. The van der Waals surface area contributed by atoms with Crippen LogP contribution >= 0.6 is 0 Å². The Labute approximate surface area is 176 Å². The van der Waals surface area contributed by atoms with E-state index in [1.165, 1.54) is 0 Å². The highest BCUT2D eigenvalue weighted by Gasteiger charge is 2.36. The minimum Gasteiger partial charge on any atom is -0.371 e. The summed E-state index contributed by atoms with van der Waals surface area (Å²) in [5.74, 6) is -0.0113. The van der Waals surface area contributed by atoms with Crippen LogP contribution in [0.25, 0.3) is 0 Å². The lowest BCUT2D eigenvalue weighted by molar-refractivity contribution is -0.117. The van der Waals surface area contributed by atoms with Crippen LogP contribution in [0.3, 0.4) is 0 Å². The minimum atomic E-state index is -3.06. The number of morpholine rings is 1. The highest BCUT2D eigenvalue weighted by Crippen LogP contribution is 2.35. The SMILES string of the molecule is O=C(Nc1ccc(C(=O)N2CCS(=O)(=O)CC2)c(N2CC3CCC(C2)O3)c1)C1CC1. The van der Waals surface area contributed by atoms with Gasteiger partial charge in [0.1, 0.15) is 0 Å². The number of fused-ring (bicyclic) bond motifs is 2. The maximum Gasteiger partial charge on any atom is 0.256 e. The van der Waals surface area contributed by atoms with Gasteiger partial charge < -0.3 is 19.9 Å². The van der Waals surface area contributed by atoms with Gasteiger partial charge in [-0.15, -0.1) is 0 Å². The van der Waals surface area contributed by atoms with Crippen molar-refractivity contribution in [2.24, 2.45) is 5.92 Å².